The average Bonchev–Trinajstić information content (AvgIpc) is 3.36. The van der Waals surface area contributed by atoms with Crippen molar-refractivity contribution in [1.29, 1.82) is 0 Å². The molecule has 3 rings (SSSR count). The number of aromatic nitrogens is 4. The lowest BCUT2D eigenvalue weighted by atomic mass is 10.2. The molecule has 2 aromatic rings. The zero-order valence-electron chi connectivity index (χ0n) is 16.7. The number of ether oxygens (including phenoxy) is 2. The maximum Gasteiger partial charge on any atom is 0.350 e. The molecule has 30 heavy (non-hydrogen) atoms. The summed E-state index contributed by atoms with van der Waals surface area (Å²) >= 11 is 0. The second-order valence-corrected chi connectivity index (χ2v) is 6.47. The highest BCUT2D eigenvalue weighted by Gasteiger charge is 2.26. The number of carbonyl (C=O) groups is 2. The molecule has 0 spiro atoms. The summed E-state index contributed by atoms with van der Waals surface area (Å²) in [6, 6.07) is 0. The Morgan fingerprint density at radius 2 is 2.10 bits per heavy atom. The molecule has 0 atom stereocenters. The van der Waals surface area contributed by atoms with Crippen molar-refractivity contribution in [3.05, 3.63) is 28.2 Å². The van der Waals surface area contributed by atoms with E-state index < -0.39 is 4.92 Å². The first-order valence-corrected chi connectivity index (χ1v) is 9.43. The van der Waals surface area contributed by atoms with Gasteiger partial charge in [-0.1, -0.05) is 0 Å². The number of hydrogen-bond acceptors (Lipinski definition) is 8. The summed E-state index contributed by atoms with van der Waals surface area (Å²) in [4.78, 5) is 37.4. The number of nitrogens with one attached hydrogen (secondary N) is 1. The number of anilines is 1. The van der Waals surface area contributed by atoms with Gasteiger partial charge in [0.25, 0.3) is 5.91 Å². The highest BCUT2D eigenvalue weighted by atomic mass is 16.6. The third-order valence-electron chi connectivity index (χ3n) is 4.58. The zero-order chi connectivity index (χ0) is 21.7. The Balaban J connectivity index is 1.67. The number of aryl methyl sites for hydroxylation is 2. The molecular weight excluding hydrogens is 398 g/mol. The lowest BCUT2D eigenvalue weighted by Gasteiger charge is -2.27. The normalized spacial score (nSPS) is 13.9. The summed E-state index contributed by atoms with van der Waals surface area (Å²) in [6.45, 7) is 4.30. The lowest BCUT2D eigenvalue weighted by Crippen LogP contribution is -2.41. The van der Waals surface area contributed by atoms with E-state index in [0.29, 0.717) is 44.2 Å². The van der Waals surface area contributed by atoms with Crippen LogP contribution in [0.2, 0.25) is 0 Å². The van der Waals surface area contributed by atoms with Crippen LogP contribution in [0.4, 0.5) is 11.4 Å². The van der Waals surface area contributed by atoms with Crippen LogP contribution in [0.3, 0.4) is 0 Å². The van der Waals surface area contributed by atoms with Crippen LogP contribution in [0.15, 0.2) is 12.4 Å². The molecule has 0 radical (unpaired) electrons. The largest absolute Gasteiger partial charge is 0.475 e. The molecule has 2 aromatic heterocycles. The van der Waals surface area contributed by atoms with Crippen LogP contribution in [0.25, 0.3) is 0 Å². The quantitative estimate of drug-likeness (QED) is 0.479. The lowest BCUT2D eigenvalue weighted by molar-refractivity contribution is -0.385. The number of methoxy groups -OCH3 is 1. The summed E-state index contributed by atoms with van der Waals surface area (Å²) < 4.78 is 13.0. The third-order valence-corrected chi connectivity index (χ3v) is 4.58. The van der Waals surface area contributed by atoms with Crippen LogP contribution in [0, 0.1) is 10.1 Å². The molecule has 162 valence electrons. The number of hydrogen-bond donors (Lipinski definition) is 1. The van der Waals surface area contributed by atoms with Crippen LogP contribution in [-0.4, -0.2) is 74.6 Å². The molecule has 2 amide bonds. The molecule has 0 aliphatic carbocycles. The molecule has 1 fully saturated rings. The number of nitro groups is 1. The SMILES string of the molecule is CCn1ncc(NC(=O)CCn2cc([N+](=O)[O-])c(OC)n2)c1C(=O)N1CCOCC1. The molecular formula is C17H23N7O6. The Labute approximate surface area is 171 Å². The van der Waals surface area contributed by atoms with E-state index in [1.165, 1.54) is 28.9 Å². The number of rotatable bonds is 8. The van der Waals surface area contributed by atoms with Crippen LogP contribution >= 0.6 is 0 Å². The predicted octanol–water partition coefficient (Wildman–Crippen LogP) is 0.518. The minimum atomic E-state index is -0.606. The Hall–Kier alpha value is -3.48. The Kier molecular flexibility index (Phi) is 6.61. The molecule has 13 nitrogen and oxygen atoms in total. The van der Waals surface area contributed by atoms with Gasteiger partial charge in [-0.05, 0) is 6.92 Å². The van der Waals surface area contributed by atoms with Crippen molar-refractivity contribution in [2.75, 3.05) is 38.7 Å². The van der Waals surface area contributed by atoms with E-state index in [-0.39, 0.29) is 36.3 Å². The van der Waals surface area contributed by atoms with Gasteiger partial charge in [-0.3, -0.25) is 29.1 Å². The van der Waals surface area contributed by atoms with Crippen molar-refractivity contribution >= 4 is 23.2 Å². The fourth-order valence-corrected chi connectivity index (χ4v) is 3.07. The first-order chi connectivity index (χ1) is 14.4. The summed E-state index contributed by atoms with van der Waals surface area (Å²) in [7, 11) is 1.28. The average molecular weight is 421 g/mol. The molecule has 1 aliphatic heterocycles. The van der Waals surface area contributed by atoms with E-state index in [1.807, 2.05) is 6.92 Å². The monoisotopic (exact) mass is 421 g/mol. The molecule has 1 saturated heterocycles. The number of morpholine rings is 1. The molecule has 1 N–H and O–H groups in total. The Morgan fingerprint density at radius 1 is 1.37 bits per heavy atom. The summed E-state index contributed by atoms with van der Waals surface area (Å²) in [6.07, 6.45) is 2.63. The highest BCUT2D eigenvalue weighted by molar-refractivity contribution is 6.02. The fourth-order valence-electron chi connectivity index (χ4n) is 3.07. The van der Waals surface area contributed by atoms with E-state index in [4.69, 9.17) is 9.47 Å². The predicted molar refractivity (Wildman–Crippen MR) is 103 cm³/mol. The summed E-state index contributed by atoms with van der Waals surface area (Å²) in [5.74, 6) is -0.720. The van der Waals surface area contributed by atoms with Crippen molar-refractivity contribution < 1.29 is 24.0 Å². The van der Waals surface area contributed by atoms with Crippen molar-refractivity contribution in [2.45, 2.75) is 26.4 Å². The van der Waals surface area contributed by atoms with Crippen LogP contribution in [-0.2, 0) is 22.6 Å². The maximum absolute atomic E-state index is 12.9. The third kappa shape index (κ3) is 4.56. The van der Waals surface area contributed by atoms with Crippen molar-refractivity contribution in [1.82, 2.24) is 24.5 Å². The van der Waals surface area contributed by atoms with Crippen molar-refractivity contribution in [2.24, 2.45) is 0 Å². The Morgan fingerprint density at radius 3 is 2.70 bits per heavy atom. The molecule has 13 heteroatoms. The first kappa shape index (κ1) is 21.2. The van der Waals surface area contributed by atoms with Crippen LogP contribution in [0.1, 0.15) is 23.8 Å². The molecule has 1 aliphatic rings. The van der Waals surface area contributed by atoms with Gasteiger partial charge in [-0.15, -0.1) is 5.10 Å². The Bertz CT molecular complexity index is 931. The molecule has 3 heterocycles. The first-order valence-electron chi connectivity index (χ1n) is 9.43. The van der Waals surface area contributed by atoms with E-state index in [2.05, 4.69) is 15.5 Å². The topological polar surface area (TPSA) is 147 Å². The second kappa shape index (κ2) is 9.35. The van der Waals surface area contributed by atoms with Gasteiger partial charge < -0.3 is 19.7 Å². The molecule has 0 saturated carbocycles. The van der Waals surface area contributed by atoms with Gasteiger partial charge in [0.1, 0.15) is 11.9 Å². The summed E-state index contributed by atoms with van der Waals surface area (Å²) in [5, 5.41) is 21.8. The van der Waals surface area contributed by atoms with Gasteiger partial charge in [0, 0.05) is 26.1 Å². The van der Waals surface area contributed by atoms with E-state index in [0.717, 1.165) is 0 Å². The highest BCUT2D eigenvalue weighted by Crippen LogP contribution is 2.24. The van der Waals surface area contributed by atoms with Gasteiger partial charge in [-0.2, -0.15) is 5.10 Å². The van der Waals surface area contributed by atoms with E-state index in [9.17, 15) is 19.7 Å². The summed E-state index contributed by atoms with van der Waals surface area (Å²) in [5.41, 5.74) is 0.354. The smallest absolute Gasteiger partial charge is 0.350 e. The molecule has 0 aromatic carbocycles. The molecule has 0 bridgehead atoms. The van der Waals surface area contributed by atoms with E-state index in [1.54, 1.807) is 4.90 Å². The minimum absolute atomic E-state index is 0.00945. The zero-order valence-corrected chi connectivity index (χ0v) is 16.7. The fraction of sp³-hybridized carbons (Fsp3) is 0.529. The minimum Gasteiger partial charge on any atom is -0.475 e. The van der Waals surface area contributed by atoms with Gasteiger partial charge in [0.05, 0.1) is 43.7 Å². The van der Waals surface area contributed by atoms with Gasteiger partial charge >= 0.3 is 11.6 Å². The van der Waals surface area contributed by atoms with Gasteiger partial charge in [-0.25, -0.2) is 0 Å². The maximum atomic E-state index is 12.9. The standard InChI is InChI=1S/C17H23N7O6/c1-3-23-15(17(26)21-6-8-30-9-7-21)12(10-18-23)19-14(25)4-5-22-11-13(24(27)28)16(20-22)29-2/h10-11H,3-9H2,1-2H3,(H,19,25). The van der Waals surface area contributed by atoms with Crippen molar-refractivity contribution in [3.63, 3.8) is 0 Å². The number of nitrogens with zero attached hydrogens (tertiary/aromatic N) is 6. The second-order valence-electron chi connectivity index (χ2n) is 6.47. The number of amides is 2. The van der Waals surface area contributed by atoms with Gasteiger partial charge in [0.2, 0.25) is 5.91 Å². The molecule has 0 unspecified atom stereocenters. The van der Waals surface area contributed by atoms with E-state index >= 15 is 0 Å². The van der Waals surface area contributed by atoms with Gasteiger partial charge in [0.15, 0.2) is 0 Å². The number of carbonyl (C=O) groups excluding carboxylic acids is 2. The van der Waals surface area contributed by atoms with Crippen LogP contribution in [0.5, 0.6) is 5.88 Å². The van der Waals surface area contributed by atoms with Crippen molar-refractivity contribution in [3.8, 4) is 5.88 Å². The van der Waals surface area contributed by atoms with Crippen LogP contribution < -0.4 is 10.1 Å².